The number of likely N-dealkylation sites (N-methyl/N-ethyl adjacent to an activating group) is 1. The van der Waals surface area contributed by atoms with Crippen molar-refractivity contribution in [1.82, 2.24) is 5.32 Å². The van der Waals surface area contributed by atoms with Gasteiger partial charge in [-0.2, -0.15) is 0 Å². The Bertz CT molecular complexity index is 201. The second-order valence-electron chi connectivity index (χ2n) is 4.22. The minimum atomic E-state index is 0.291. The van der Waals surface area contributed by atoms with E-state index >= 15 is 0 Å². The van der Waals surface area contributed by atoms with Crippen molar-refractivity contribution in [2.75, 3.05) is 13.2 Å². The maximum Gasteiger partial charge on any atom is 0.0738 e. The van der Waals surface area contributed by atoms with Crippen LogP contribution in [0.25, 0.3) is 0 Å². The molecule has 15 heavy (non-hydrogen) atoms. The molecule has 1 aliphatic rings. The van der Waals surface area contributed by atoms with Crippen molar-refractivity contribution in [3.63, 3.8) is 0 Å². The lowest BCUT2D eigenvalue weighted by Crippen LogP contribution is -2.41. The lowest BCUT2D eigenvalue weighted by Gasteiger charge is -2.29. The van der Waals surface area contributed by atoms with Crippen LogP contribution in [0.5, 0.6) is 0 Å². The summed E-state index contributed by atoms with van der Waals surface area (Å²) in [7, 11) is 0. The summed E-state index contributed by atoms with van der Waals surface area (Å²) in [5.74, 6) is 0. The molecule has 2 nitrogen and oxygen atoms in total. The summed E-state index contributed by atoms with van der Waals surface area (Å²) in [6.45, 7) is 8.21. The predicted octanol–water partition coefficient (Wildman–Crippen LogP) is 2.89. The molecule has 88 valence electrons. The number of ether oxygens (including phenoxy) is 1. The van der Waals surface area contributed by atoms with Crippen LogP contribution in [-0.2, 0) is 4.74 Å². The molecule has 0 aromatic rings. The zero-order chi connectivity index (χ0) is 11.1. The minimum absolute atomic E-state index is 0.291. The van der Waals surface area contributed by atoms with Crippen LogP contribution in [0.4, 0.5) is 0 Å². The molecule has 0 aliphatic heterocycles. The van der Waals surface area contributed by atoms with E-state index in [0.717, 1.165) is 13.2 Å². The van der Waals surface area contributed by atoms with Gasteiger partial charge in [-0.15, -0.1) is 0 Å². The zero-order valence-electron chi connectivity index (χ0n) is 10.4. The summed E-state index contributed by atoms with van der Waals surface area (Å²) in [5, 5.41) is 3.54. The molecule has 0 bridgehead atoms. The normalized spacial score (nSPS) is 20.9. The van der Waals surface area contributed by atoms with Crippen molar-refractivity contribution in [3.8, 4) is 0 Å². The maximum atomic E-state index is 5.71. The van der Waals surface area contributed by atoms with E-state index in [-0.39, 0.29) is 0 Å². The topological polar surface area (TPSA) is 21.3 Å². The SMILES string of the molecule is CCNC(C1=CCCCC1)C(C)OCC. The van der Waals surface area contributed by atoms with Gasteiger partial charge >= 0.3 is 0 Å². The van der Waals surface area contributed by atoms with E-state index in [2.05, 4.69) is 32.2 Å². The van der Waals surface area contributed by atoms with Gasteiger partial charge in [0.05, 0.1) is 12.1 Å². The third kappa shape index (κ3) is 3.96. The Kier molecular flexibility index (Phi) is 5.96. The fourth-order valence-corrected chi connectivity index (χ4v) is 2.32. The molecule has 0 aromatic carbocycles. The molecule has 1 aliphatic carbocycles. The van der Waals surface area contributed by atoms with Crippen molar-refractivity contribution in [2.24, 2.45) is 0 Å². The highest BCUT2D eigenvalue weighted by Gasteiger charge is 2.21. The Labute approximate surface area is 94.1 Å². The van der Waals surface area contributed by atoms with Gasteiger partial charge < -0.3 is 10.1 Å². The molecule has 0 heterocycles. The average molecular weight is 211 g/mol. The second kappa shape index (κ2) is 7.02. The standard InChI is InChI=1S/C13H25NO/c1-4-14-13(11(3)15-5-2)12-9-7-6-8-10-12/h9,11,13-14H,4-8,10H2,1-3H3. The van der Waals surface area contributed by atoms with E-state index in [0.29, 0.717) is 12.1 Å². The van der Waals surface area contributed by atoms with Crippen molar-refractivity contribution < 1.29 is 4.74 Å². The summed E-state index contributed by atoms with van der Waals surface area (Å²) in [5.41, 5.74) is 1.56. The Morgan fingerprint density at radius 2 is 2.20 bits per heavy atom. The maximum absolute atomic E-state index is 5.71. The Morgan fingerprint density at radius 3 is 2.73 bits per heavy atom. The molecule has 0 fully saturated rings. The van der Waals surface area contributed by atoms with Crippen LogP contribution in [0.3, 0.4) is 0 Å². The molecule has 0 saturated heterocycles. The first-order valence-corrected chi connectivity index (χ1v) is 6.33. The fraction of sp³-hybridized carbons (Fsp3) is 0.846. The largest absolute Gasteiger partial charge is 0.377 e. The predicted molar refractivity (Wildman–Crippen MR) is 65.1 cm³/mol. The summed E-state index contributed by atoms with van der Waals surface area (Å²) in [4.78, 5) is 0. The first kappa shape index (κ1) is 12.7. The summed E-state index contributed by atoms with van der Waals surface area (Å²) in [6, 6.07) is 0.426. The summed E-state index contributed by atoms with van der Waals surface area (Å²) >= 11 is 0. The van der Waals surface area contributed by atoms with E-state index in [9.17, 15) is 0 Å². The highest BCUT2D eigenvalue weighted by Crippen LogP contribution is 2.22. The van der Waals surface area contributed by atoms with Crippen LogP contribution < -0.4 is 5.32 Å². The Hall–Kier alpha value is -0.340. The Balaban J connectivity index is 2.58. The van der Waals surface area contributed by atoms with Gasteiger partial charge in [-0.3, -0.25) is 0 Å². The minimum Gasteiger partial charge on any atom is -0.377 e. The quantitative estimate of drug-likeness (QED) is 0.682. The highest BCUT2D eigenvalue weighted by molar-refractivity contribution is 5.15. The molecule has 0 saturated carbocycles. The molecule has 0 amide bonds. The van der Waals surface area contributed by atoms with Crippen LogP contribution >= 0.6 is 0 Å². The van der Waals surface area contributed by atoms with Crippen LogP contribution in [0, 0.1) is 0 Å². The molecule has 2 heteroatoms. The van der Waals surface area contributed by atoms with Crippen LogP contribution in [0.1, 0.15) is 46.5 Å². The van der Waals surface area contributed by atoms with E-state index in [1.807, 2.05) is 0 Å². The van der Waals surface area contributed by atoms with Crippen LogP contribution in [-0.4, -0.2) is 25.3 Å². The zero-order valence-corrected chi connectivity index (χ0v) is 10.4. The van der Waals surface area contributed by atoms with E-state index in [1.54, 1.807) is 5.57 Å². The van der Waals surface area contributed by atoms with E-state index < -0.39 is 0 Å². The van der Waals surface area contributed by atoms with Crippen molar-refractivity contribution in [1.29, 1.82) is 0 Å². The van der Waals surface area contributed by atoms with E-state index in [4.69, 9.17) is 4.74 Å². The molecule has 1 N–H and O–H groups in total. The lowest BCUT2D eigenvalue weighted by molar-refractivity contribution is 0.0558. The van der Waals surface area contributed by atoms with Crippen LogP contribution in [0.15, 0.2) is 11.6 Å². The lowest BCUT2D eigenvalue weighted by atomic mass is 9.91. The highest BCUT2D eigenvalue weighted by atomic mass is 16.5. The van der Waals surface area contributed by atoms with Gasteiger partial charge in [0.2, 0.25) is 0 Å². The van der Waals surface area contributed by atoms with Crippen molar-refractivity contribution >= 4 is 0 Å². The van der Waals surface area contributed by atoms with Crippen LogP contribution in [0.2, 0.25) is 0 Å². The number of allylic oxidation sites excluding steroid dienone is 1. The van der Waals surface area contributed by atoms with E-state index in [1.165, 1.54) is 25.7 Å². The molecular weight excluding hydrogens is 186 g/mol. The summed E-state index contributed by atoms with van der Waals surface area (Å²) < 4.78 is 5.71. The fourth-order valence-electron chi connectivity index (χ4n) is 2.32. The molecule has 0 aromatic heterocycles. The first-order chi connectivity index (χ1) is 7.29. The third-order valence-electron chi connectivity index (χ3n) is 3.05. The molecule has 1 rings (SSSR count). The van der Waals surface area contributed by atoms with Crippen molar-refractivity contribution in [2.45, 2.75) is 58.6 Å². The molecule has 2 unspecified atom stereocenters. The van der Waals surface area contributed by atoms with Gasteiger partial charge in [0.25, 0.3) is 0 Å². The number of hydrogen-bond donors (Lipinski definition) is 1. The molecular formula is C13H25NO. The van der Waals surface area contributed by atoms with Gasteiger partial charge in [0, 0.05) is 6.61 Å². The van der Waals surface area contributed by atoms with Gasteiger partial charge in [-0.25, -0.2) is 0 Å². The first-order valence-electron chi connectivity index (χ1n) is 6.33. The second-order valence-corrected chi connectivity index (χ2v) is 4.22. The Morgan fingerprint density at radius 1 is 1.40 bits per heavy atom. The monoisotopic (exact) mass is 211 g/mol. The van der Waals surface area contributed by atoms with Gasteiger partial charge in [0.1, 0.15) is 0 Å². The smallest absolute Gasteiger partial charge is 0.0738 e. The third-order valence-corrected chi connectivity index (χ3v) is 3.05. The molecule has 0 radical (unpaired) electrons. The number of rotatable bonds is 6. The van der Waals surface area contributed by atoms with Gasteiger partial charge in [-0.05, 0) is 46.1 Å². The molecule has 2 atom stereocenters. The van der Waals surface area contributed by atoms with Gasteiger partial charge in [-0.1, -0.05) is 18.6 Å². The number of nitrogens with one attached hydrogen (secondary N) is 1. The molecule has 0 spiro atoms. The number of hydrogen-bond acceptors (Lipinski definition) is 2. The van der Waals surface area contributed by atoms with Gasteiger partial charge in [0.15, 0.2) is 0 Å². The summed E-state index contributed by atoms with van der Waals surface area (Å²) in [6.07, 6.45) is 7.88. The van der Waals surface area contributed by atoms with Crippen molar-refractivity contribution in [3.05, 3.63) is 11.6 Å². The average Bonchev–Trinajstić information content (AvgIpc) is 2.27.